The van der Waals surface area contributed by atoms with E-state index in [2.05, 4.69) is 71.3 Å². The first-order valence-electron chi connectivity index (χ1n) is 9.27. The lowest BCUT2D eigenvalue weighted by Gasteiger charge is -2.13. The molecule has 4 N–H and O–H groups in total. The van der Waals surface area contributed by atoms with E-state index in [0.29, 0.717) is 0 Å². The van der Waals surface area contributed by atoms with Crippen LogP contribution in [0.3, 0.4) is 0 Å². The minimum absolute atomic E-state index is 0. The van der Waals surface area contributed by atoms with Gasteiger partial charge in [-0.2, -0.15) is 5.10 Å². The van der Waals surface area contributed by atoms with Crippen LogP contribution in [0.5, 0.6) is 5.75 Å². The number of hydrogen-bond donors (Lipinski definition) is 3. The van der Waals surface area contributed by atoms with Crippen molar-refractivity contribution >= 4 is 22.4 Å². The van der Waals surface area contributed by atoms with Crippen molar-refractivity contribution in [3.05, 3.63) is 42.0 Å². The molecule has 0 spiro atoms. The Kier molecular flexibility index (Phi) is 11.2. The number of aliphatic imine (C=N–C) groups is 1. The molecule has 0 fully saturated rings. The van der Waals surface area contributed by atoms with E-state index in [9.17, 15) is 0 Å². The summed E-state index contributed by atoms with van der Waals surface area (Å²) in [6.45, 7) is 5.69. The third kappa shape index (κ3) is 6.82. The lowest BCUT2D eigenvalue weighted by Crippen LogP contribution is -3.05. The Bertz CT molecular complexity index is 823. The molecular formula is C20H29I2N5O. The summed E-state index contributed by atoms with van der Waals surface area (Å²) in [6, 6.07) is 12.5. The van der Waals surface area contributed by atoms with Crippen LogP contribution in [0, 0.1) is 0 Å². The number of nitrogens with two attached hydrogens (primary N) is 1. The van der Waals surface area contributed by atoms with Crippen molar-refractivity contribution < 1.29 is 62.9 Å². The number of hydrogen-bond acceptors (Lipinski definition) is 4. The Morgan fingerprint density at radius 2 is 1.93 bits per heavy atom. The van der Waals surface area contributed by atoms with Crippen LogP contribution in [-0.2, 0) is 0 Å². The first-order chi connectivity index (χ1) is 12.6. The zero-order valence-corrected chi connectivity index (χ0v) is 21.0. The molecule has 0 unspecified atom stereocenters. The predicted octanol–water partition coefficient (Wildman–Crippen LogP) is -5.99. The van der Waals surface area contributed by atoms with Gasteiger partial charge in [-0.1, -0.05) is 24.3 Å². The molecule has 8 heteroatoms. The zero-order chi connectivity index (χ0) is 18.4. The van der Waals surface area contributed by atoms with Crippen LogP contribution >= 0.6 is 0 Å². The lowest BCUT2D eigenvalue weighted by atomic mass is 10.0. The fourth-order valence-corrected chi connectivity index (χ4v) is 3.05. The van der Waals surface area contributed by atoms with Gasteiger partial charge in [0.25, 0.3) is 0 Å². The molecule has 2 aromatic rings. The summed E-state index contributed by atoms with van der Waals surface area (Å²) < 4.78 is 6.05. The second-order valence-corrected chi connectivity index (χ2v) is 6.88. The molecule has 1 heterocycles. The van der Waals surface area contributed by atoms with Crippen LogP contribution in [0.1, 0.15) is 18.9 Å². The molecule has 0 amide bonds. The summed E-state index contributed by atoms with van der Waals surface area (Å²) in [7, 11) is 4.32. The molecule has 2 aromatic carbocycles. The number of guanidine groups is 1. The Morgan fingerprint density at radius 3 is 2.61 bits per heavy atom. The normalized spacial score (nSPS) is 13.7. The number of rotatable bonds is 7. The number of halogens is 2. The first kappa shape index (κ1) is 25.1. The highest BCUT2D eigenvalue weighted by Gasteiger charge is 2.11. The number of hydrazone groups is 1. The third-order valence-electron chi connectivity index (χ3n) is 4.44. The Balaban J connectivity index is 0.00000196. The topological polar surface area (TPSA) is 67.0 Å². The van der Waals surface area contributed by atoms with Crippen LogP contribution in [-0.4, -0.2) is 52.0 Å². The predicted molar refractivity (Wildman–Crippen MR) is 106 cm³/mol. The van der Waals surface area contributed by atoms with Gasteiger partial charge in [0.1, 0.15) is 12.3 Å². The molecule has 0 aliphatic carbocycles. The van der Waals surface area contributed by atoms with Crippen molar-refractivity contribution in [2.45, 2.75) is 13.3 Å². The summed E-state index contributed by atoms with van der Waals surface area (Å²) in [5.41, 5.74) is 5.11. The standard InChI is InChI=1S/C20H27N5O.2HI/c1-15(23-24-20-21-11-12-22-20)16-9-10-19(26-14-6-13-25(2)3)18-8-5-4-7-17(16)18;;/h4-5,7-10H,6,11-14H2,1-3H3,(H2,21,22,24);2*1H/b23-15-;;. The number of nitrogens with one attached hydrogen (secondary N) is 2. The number of benzene rings is 2. The molecule has 0 bridgehead atoms. The number of ether oxygens (including phenoxy) is 1. The van der Waals surface area contributed by atoms with Gasteiger partial charge in [-0.3, -0.25) is 5.32 Å². The minimum atomic E-state index is 0. The largest absolute Gasteiger partial charge is 1.00 e. The average molecular weight is 609 g/mol. The highest BCUT2D eigenvalue weighted by atomic mass is 127. The molecule has 0 atom stereocenters. The fourth-order valence-electron chi connectivity index (χ4n) is 3.05. The Labute approximate surface area is 201 Å². The van der Waals surface area contributed by atoms with Gasteiger partial charge in [0.2, 0.25) is 0 Å². The van der Waals surface area contributed by atoms with Crippen molar-refractivity contribution in [2.24, 2.45) is 10.1 Å². The maximum atomic E-state index is 6.05. The van der Waals surface area contributed by atoms with Crippen molar-refractivity contribution in [2.75, 3.05) is 40.3 Å². The van der Waals surface area contributed by atoms with Crippen LogP contribution in [0.25, 0.3) is 10.8 Å². The fraction of sp³-hybridized carbons (Fsp3) is 0.400. The second kappa shape index (κ2) is 12.6. The summed E-state index contributed by atoms with van der Waals surface area (Å²) in [5, 5.41) is 8.87. The van der Waals surface area contributed by atoms with Gasteiger partial charge < -0.3 is 57.6 Å². The molecule has 6 nitrogen and oxygen atoms in total. The van der Waals surface area contributed by atoms with E-state index in [1.807, 2.05) is 6.92 Å². The van der Waals surface area contributed by atoms with Gasteiger partial charge >= 0.3 is 5.96 Å². The Hall–Kier alpha value is -0.980. The Morgan fingerprint density at radius 1 is 1.18 bits per heavy atom. The van der Waals surface area contributed by atoms with Gasteiger partial charge in [0.05, 0.1) is 39.5 Å². The molecule has 28 heavy (non-hydrogen) atoms. The molecule has 0 saturated heterocycles. The van der Waals surface area contributed by atoms with Gasteiger partial charge in [-0.15, -0.1) is 0 Å². The van der Waals surface area contributed by atoms with Crippen LogP contribution < -0.4 is 68.3 Å². The summed E-state index contributed by atoms with van der Waals surface area (Å²) in [5.74, 6) is 1.80. The van der Waals surface area contributed by atoms with E-state index >= 15 is 0 Å². The molecule has 154 valence electrons. The molecule has 0 saturated carbocycles. The van der Waals surface area contributed by atoms with E-state index in [-0.39, 0.29) is 48.0 Å². The molecule has 1 aliphatic rings. The van der Waals surface area contributed by atoms with Crippen molar-refractivity contribution in [3.8, 4) is 5.75 Å². The smallest absolute Gasteiger partial charge is 0.315 e. The van der Waals surface area contributed by atoms with E-state index < -0.39 is 0 Å². The van der Waals surface area contributed by atoms with Crippen molar-refractivity contribution in [1.82, 2.24) is 5.43 Å². The van der Waals surface area contributed by atoms with Crippen molar-refractivity contribution in [1.29, 1.82) is 0 Å². The van der Waals surface area contributed by atoms with Crippen molar-refractivity contribution in [3.63, 3.8) is 0 Å². The van der Waals surface area contributed by atoms with Crippen LogP contribution in [0.4, 0.5) is 0 Å². The van der Waals surface area contributed by atoms with E-state index in [4.69, 9.17) is 4.74 Å². The van der Waals surface area contributed by atoms with E-state index in [1.54, 1.807) is 0 Å². The monoisotopic (exact) mass is 609 g/mol. The maximum Gasteiger partial charge on any atom is 0.315 e. The van der Waals surface area contributed by atoms with Gasteiger partial charge in [0.15, 0.2) is 0 Å². The molecular weight excluding hydrogens is 580 g/mol. The quantitative estimate of drug-likeness (QED) is 0.127. The number of quaternary nitrogens is 2. The van der Waals surface area contributed by atoms with Gasteiger partial charge in [0, 0.05) is 17.4 Å². The van der Waals surface area contributed by atoms with Gasteiger partial charge in [-0.25, -0.2) is 10.4 Å². The third-order valence-corrected chi connectivity index (χ3v) is 4.44. The highest BCUT2D eigenvalue weighted by molar-refractivity contribution is 6.11. The van der Waals surface area contributed by atoms with Crippen LogP contribution in [0.15, 0.2) is 46.5 Å². The zero-order valence-electron chi connectivity index (χ0n) is 16.6. The molecule has 3 rings (SSSR count). The average Bonchev–Trinajstić information content (AvgIpc) is 3.16. The molecule has 0 radical (unpaired) electrons. The summed E-state index contributed by atoms with van der Waals surface area (Å²) in [6.07, 6.45) is 1.04. The maximum absolute atomic E-state index is 6.05. The van der Waals surface area contributed by atoms with Crippen LogP contribution in [0.2, 0.25) is 0 Å². The van der Waals surface area contributed by atoms with Gasteiger partial charge in [-0.05, 0) is 24.4 Å². The molecule has 1 aliphatic heterocycles. The SMILES string of the molecule is C/C(=N/NC1=NCC[NH2+]1)c1ccc(OCCC[NH+](C)C)c2ccccc12.[I-].[I-]. The minimum Gasteiger partial charge on any atom is -1.00 e. The number of nitrogens with zero attached hydrogens (tertiary/aromatic N) is 2. The summed E-state index contributed by atoms with van der Waals surface area (Å²) >= 11 is 0. The van der Waals surface area contributed by atoms with E-state index in [0.717, 1.165) is 66.4 Å². The second-order valence-electron chi connectivity index (χ2n) is 6.88. The lowest BCUT2D eigenvalue weighted by molar-refractivity contribution is -0.858. The molecule has 0 aromatic heterocycles. The highest BCUT2D eigenvalue weighted by Crippen LogP contribution is 2.29. The first-order valence-corrected chi connectivity index (χ1v) is 9.27. The number of fused-ring (bicyclic) bond motifs is 1. The summed E-state index contributed by atoms with van der Waals surface area (Å²) in [4.78, 5) is 5.79. The van der Waals surface area contributed by atoms with E-state index in [1.165, 1.54) is 4.90 Å².